The maximum absolute atomic E-state index is 4.71. The molecule has 1 nitrogen and oxygen atoms in total. The Balaban J connectivity index is 1.81. The van der Waals surface area contributed by atoms with Crippen LogP contribution in [0, 0.1) is 0 Å². The number of aromatic nitrogens is 1. The van der Waals surface area contributed by atoms with E-state index in [4.69, 9.17) is 4.98 Å². The highest BCUT2D eigenvalue weighted by atomic mass is 32.1. The molecule has 1 aromatic heterocycles. The highest BCUT2D eigenvalue weighted by Gasteiger charge is 2.28. The number of hydrogen-bond acceptors (Lipinski definition) is 2. The van der Waals surface area contributed by atoms with Crippen molar-refractivity contribution < 1.29 is 0 Å². The Kier molecular flexibility index (Phi) is 1.51. The van der Waals surface area contributed by atoms with Gasteiger partial charge in [0.15, 0.2) is 0 Å². The molecule has 1 aromatic rings. The maximum Gasteiger partial charge on any atom is 0.0959 e. The van der Waals surface area contributed by atoms with Gasteiger partial charge in [0.25, 0.3) is 0 Å². The summed E-state index contributed by atoms with van der Waals surface area (Å²) in [6.45, 7) is 0. The SMILES string of the molecule is c1sc(C2CC2)nc1C1CCC1. The first-order chi connectivity index (χ1) is 5.93. The Morgan fingerprint density at radius 1 is 1.17 bits per heavy atom. The lowest BCUT2D eigenvalue weighted by Gasteiger charge is -2.22. The minimum atomic E-state index is 0.828. The molecule has 2 fully saturated rings. The largest absolute Gasteiger partial charge is 0.246 e. The van der Waals surface area contributed by atoms with Crippen LogP contribution < -0.4 is 0 Å². The van der Waals surface area contributed by atoms with Gasteiger partial charge in [-0.15, -0.1) is 11.3 Å². The third-order valence-electron chi connectivity index (χ3n) is 2.99. The highest BCUT2D eigenvalue weighted by Crippen LogP contribution is 2.44. The molecule has 2 heteroatoms. The van der Waals surface area contributed by atoms with Gasteiger partial charge in [0.05, 0.1) is 10.7 Å². The normalized spacial score (nSPS) is 24.0. The van der Waals surface area contributed by atoms with E-state index in [0.29, 0.717) is 0 Å². The van der Waals surface area contributed by atoms with Gasteiger partial charge in [-0.1, -0.05) is 6.42 Å². The molecule has 0 aromatic carbocycles. The van der Waals surface area contributed by atoms with E-state index in [2.05, 4.69) is 5.38 Å². The topological polar surface area (TPSA) is 12.9 Å². The molecule has 0 bridgehead atoms. The third kappa shape index (κ3) is 1.09. The van der Waals surface area contributed by atoms with Crippen LogP contribution in [-0.4, -0.2) is 4.98 Å². The molecule has 0 aliphatic heterocycles. The standard InChI is InChI=1S/C10H13NS/c1-2-7(3-1)9-6-12-10(11-9)8-4-5-8/h6-8H,1-5H2. The van der Waals surface area contributed by atoms with E-state index in [1.807, 2.05) is 11.3 Å². The van der Waals surface area contributed by atoms with Crippen molar-refractivity contribution in [2.24, 2.45) is 0 Å². The lowest BCUT2D eigenvalue weighted by molar-refractivity contribution is 0.412. The van der Waals surface area contributed by atoms with Crippen LogP contribution in [0.5, 0.6) is 0 Å². The summed E-state index contributed by atoms with van der Waals surface area (Å²) >= 11 is 1.89. The predicted molar refractivity (Wildman–Crippen MR) is 50.7 cm³/mol. The number of nitrogens with zero attached hydrogens (tertiary/aromatic N) is 1. The van der Waals surface area contributed by atoms with E-state index in [1.54, 1.807) is 0 Å². The smallest absolute Gasteiger partial charge is 0.0959 e. The number of thiazole rings is 1. The van der Waals surface area contributed by atoms with Crippen LogP contribution in [0.2, 0.25) is 0 Å². The van der Waals surface area contributed by atoms with Gasteiger partial charge in [0.1, 0.15) is 0 Å². The van der Waals surface area contributed by atoms with Gasteiger partial charge in [0.2, 0.25) is 0 Å². The molecular formula is C10H13NS. The van der Waals surface area contributed by atoms with Crippen LogP contribution in [0.3, 0.4) is 0 Å². The summed E-state index contributed by atoms with van der Waals surface area (Å²) < 4.78 is 0. The van der Waals surface area contributed by atoms with Crippen molar-refractivity contribution in [3.63, 3.8) is 0 Å². The fourth-order valence-corrected chi connectivity index (χ4v) is 2.78. The lowest BCUT2D eigenvalue weighted by atomic mass is 9.83. The zero-order valence-corrected chi connectivity index (χ0v) is 7.94. The Morgan fingerprint density at radius 3 is 2.58 bits per heavy atom. The van der Waals surface area contributed by atoms with Crippen LogP contribution in [0.25, 0.3) is 0 Å². The van der Waals surface area contributed by atoms with Crippen LogP contribution >= 0.6 is 11.3 Å². The zero-order valence-electron chi connectivity index (χ0n) is 7.12. The van der Waals surface area contributed by atoms with Crippen molar-refractivity contribution in [1.82, 2.24) is 4.98 Å². The fourth-order valence-electron chi connectivity index (χ4n) is 1.71. The first-order valence-electron chi connectivity index (χ1n) is 4.89. The lowest BCUT2D eigenvalue weighted by Crippen LogP contribution is -2.08. The Morgan fingerprint density at radius 2 is 2.00 bits per heavy atom. The first-order valence-corrected chi connectivity index (χ1v) is 5.77. The quantitative estimate of drug-likeness (QED) is 0.679. The molecule has 0 atom stereocenters. The van der Waals surface area contributed by atoms with Crippen LogP contribution in [-0.2, 0) is 0 Å². The number of rotatable bonds is 2. The molecule has 0 N–H and O–H groups in total. The van der Waals surface area contributed by atoms with Crippen molar-refractivity contribution in [3.8, 4) is 0 Å². The molecule has 2 aliphatic carbocycles. The van der Waals surface area contributed by atoms with E-state index in [9.17, 15) is 0 Å². The highest BCUT2D eigenvalue weighted by molar-refractivity contribution is 7.09. The molecule has 2 saturated carbocycles. The summed E-state index contributed by atoms with van der Waals surface area (Å²) in [5.41, 5.74) is 1.40. The molecule has 12 heavy (non-hydrogen) atoms. The molecule has 64 valence electrons. The summed E-state index contributed by atoms with van der Waals surface area (Å²) in [4.78, 5) is 4.71. The van der Waals surface area contributed by atoms with Crippen molar-refractivity contribution in [2.45, 2.75) is 43.9 Å². The zero-order chi connectivity index (χ0) is 7.97. The van der Waals surface area contributed by atoms with E-state index in [1.165, 1.54) is 42.8 Å². The van der Waals surface area contributed by atoms with Gasteiger partial charge >= 0.3 is 0 Å². The van der Waals surface area contributed by atoms with E-state index >= 15 is 0 Å². The number of hydrogen-bond donors (Lipinski definition) is 0. The monoisotopic (exact) mass is 179 g/mol. The predicted octanol–water partition coefficient (Wildman–Crippen LogP) is 3.29. The van der Waals surface area contributed by atoms with Crippen LogP contribution in [0.4, 0.5) is 0 Å². The molecule has 0 saturated heterocycles. The van der Waals surface area contributed by atoms with Crippen LogP contribution in [0.1, 0.15) is 54.6 Å². The average molecular weight is 179 g/mol. The maximum atomic E-state index is 4.71. The van der Waals surface area contributed by atoms with Crippen molar-refractivity contribution in [2.75, 3.05) is 0 Å². The van der Waals surface area contributed by atoms with Gasteiger partial charge in [-0.05, 0) is 25.7 Å². The second kappa shape index (κ2) is 2.56. The summed E-state index contributed by atoms with van der Waals surface area (Å²) in [5.74, 6) is 1.68. The Hall–Kier alpha value is -0.370. The fraction of sp³-hybridized carbons (Fsp3) is 0.700. The molecule has 0 unspecified atom stereocenters. The molecular weight excluding hydrogens is 166 g/mol. The summed E-state index contributed by atoms with van der Waals surface area (Å²) in [6.07, 6.45) is 6.96. The van der Waals surface area contributed by atoms with Crippen LogP contribution in [0.15, 0.2) is 5.38 Å². The summed E-state index contributed by atoms with van der Waals surface area (Å²) in [5, 5.41) is 3.70. The van der Waals surface area contributed by atoms with Gasteiger partial charge < -0.3 is 0 Å². The first kappa shape index (κ1) is 7.07. The summed E-state index contributed by atoms with van der Waals surface area (Å²) in [6, 6.07) is 0. The van der Waals surface area contributed by atoms with Crippen molar-refractivity contribution in [3.05, 3.63) is 16.1 Å². The molecule has 0 amide bonds. The molecule has 0 radical (unpaired) electrons. The second-order valence-electron chi connectivity index (χ2n) is 4.01. The Bertz CT molecular complexity index is 284. The molecule has 1 heterocycles. The van der Waals surface area contributed by atoms with Crippen molar-refractivity contribution in [1.29, 1.82) is 0 Å². The van der Waals surface area contributed by atoms with E-state index in [0.717, 1.165) is 11.8 Å². The van der Waals surface area contributed by atoms with Crippen molar-refractivity contribution >= 4 is 11.3 Å². The Labute approximate surface area is 76.8 Å². The minimum absolute atomic E-state index is 0.828. The van der Waals surface area contributed by atoms with E-state index < -0.39 is 0 Å². The van der Waals surface area contributed by atoms with Gasteiger partial charge in [-0.25, -0.2) is 4.98 Å². The third-order valence-corrected chi connectivity index (χ3v) is 4.02. The van der Waals surface area contributed by atoms with E-state index in [-0.39, 0.29) is 0 Å². The van der Waals surface area contributed by atoms with Gasteiger partial charge in [-0.3, -0.25) is 0 Å². The molecule has 2 aliphatic rings. The van der Waals surface area contributed by atoms with Gasteiger partial charge in [-0.2, -0.15) is 0 Å². The molecule has 3 rings (SSSR count). The molecule has 0 spiro atoms. The summed E-state index contributed by atoms with van der Waals surface area (Å²) in [7, 11) is 0. The van der Waals surface area contributed by atoms with Gasteiger partial charge in [0, 0.05) is 17.2 Å². The average Bonchev–Trinajstić information content (AvgIpc) is 2.70. The minimum Gasteiger partial charge on any atom is -0.246 e. The second-order valence-corrected chi connectivity index (χ2v) is 4.90.